The third kappa shape index (κ3) is 4.87. The molecule has 35 heavy (non-hydrogen) atoms. The first kappa shape index (κ1) is 22.6. The number of benzene rings is 1. The minimum atomic E-state index is -1.13. The summed E-state index contributed by atoms with van der Waals surface area (Å²) in [6.07, 6.45) is 5.06. The Morgan fingerprint density at radius 2 is 2.14 bits per heavy atom. The number of anilines is 1. The lowest BCUT2D eigenvalue weighted by molar-refractivity contribution is -0.140. The van der Waals surface area contributed by atoms with Crippen molar-refractivity contribution in [3.05, 3.63) is 71.8 Å². The van der Waals surface area contributed by atoms with Crippen molar-refractivity contribution in [1.82, 2.24) is 20.1 Å². The number of amides is 2. The smallest absolute Gasteiger partial charge is 0.270 e. The fraction of sp³-hybridized carbons (Fsp3) is 0.280. The van der Waals surface area contributed by atoms with Crippen LogP contribution in [0.2, 0.25) is 0 Å². The molecule has 178 valence electrons. The van der Waals surface area contributed by atoms with E-state index in [1.54, 1.807) is 54.5 Å². The fourth-order valence-corrected chi connectivity index (χ4v) is 3.75. The fourth-order valence-electron chi connectivity index (χ4n) is 3.75. The second kappa shape index (κ2) is 9.21. The molecular formula is C25H23N5O5. The molecule has 10 nitrogen and oxygen atoms in total. The van der Waals surface area contributed by atoms with Crippen molar-refractivity contribution >= 4 is 17.5 Å². The van der Waals surface area contributed by atoms with E-state index in [4.69, 9.17) is 9.47 Å². The van der Waals surface area contributed by atoms with Gasteiger partial charge in [-0.2, -0.15) is 5.10 Å². The second-order valence-corrected chi connectivity index (χ2v) is 8.44. The van der Waals surface area contributed by atoms with E-state index in [0.29, 0.717) is 23.5 Å². The minimum Gasteiger partial charge on any atom is -0.489 e. The molecule has 5 rings (SSSR count). The number of fused-ring (bicyclic) bond motifs is 1. The van der Waals surface area contributed by atoms with Crippen molar-refractivity contribution < 1.29 is 24.2 Å². The van der Waals surface area contributed by atoms with Crippen LogP contribution >= 0.6 is 0 Å². The SMILES string of the molecule is CN1C(=O)C(NC(=O)c2cc(Cn3cccn3)ccn2)COc2ccc(C#CC3(O)COC3)cc21. The van der Waals surface area contributed by atoms with Crippen LogP contribution in [0.1, 0.15) is 21.6 Å². The summed E-state index contributed by atoms with van der Waals surface area (Å²) >= 11 is 0. The molecule has 0 saturated carbocycles. The summed E-state index contributed by atoms with van der Waals surface area (Å²) in [5.41, 5.74) is 1.06. The quantitative estimate of drug-likeness (QED) is 0.533. The topological polar surface area (TPSA) is 119 Å². The summed E-state index contributed by atoms with van der Waals surface area (Å²) in [7, 11) is 1.61. The van der Waals surface area contributed by atoms with Crippen LogP contribution in [0.4, 0.5) is 5.69 Å². The monoisotopic (exact) mass is 473 g/mol. The van der Waals surface area contributed by atoms with E-state index in [0.717, 1.165) is 5.56 Å². The Bertz CT molecular complexity index is 1320. The van der Waals surface area contributed by atoms with E-state index in [2.05, 4.69) is 27.2 Å². The molecule has 0 aliphatic carbocycles. The van der Waals surface area contributed by atoms with E-state index in [9.17, 15) is 14.7 Å². The standard InChI is InChI=1S/C25H23N5O5/c1-29-21-12-17(5-7-25(33)15-34-16-25)3-4-22(21)35-14-20(24(29)32)28-23(31)19-11-18(6-9-26-19)13-30-10-2-8-27-30/h2-4,6,8-12,20,33H,13-16H2,1H3,(H,28,31). The Labute approximate surface area is 201 Å². The molecule has 0 bridgehead atoms. The maximum absolute atomic E-state index is 13.1. The van der Waals surface area contributed by atoms with E-state index in [1.165, 1.54) is 4.90 Å². The molecular weight excluding hydrogens is 450 g/mol. The molecule has 10 heteroatoms. The van der Waals surface area contributed by atoms with Crippen molar-refractivity contribution in [2.45, 2.75) is 18.2 Å². The van der Waals surface area contributed by atoms with Gasteiger partial charge >= 0.3 is 0 Å². The Hall–Kier alpha value is -4.20. The molecule has 2 amide bonds. The Kier molecular flexibility index (Phi) is 5.94. The molecule has 3 aromatic rings. The maximum atomic E-state index is 13.1. The number of aromatic nitrogens is 3. The first-order valence-electron chi connectivity index (χ1n) is 11.0. The highest BCUT2D eigenvalue weighted by Crippen LogP contribution is 2.31. The summed E-state index contributed by atoms with van der Waals surface area (Å²) < 4.78 is 12.6. The first-order valence-corrected chi connectivity index (χ1v) is 11.0. The molecule has 1 unspecified atom stereocenters. The lowest BCUT2D eigenvalue weighted by Crippen LogP contribution is -2.49. The normalized spacial score (nSPS) is 18.3. The molecule has 1 aromatic carbocycles. The van der Waals surface area contributed by atoms with Gasteiger partial charge in [0.1, 0.15) is 24.1 Å². The molecule has 4 heterocycles. The van der Waals surface area contributed by atoms with Gasteiger partial charge in [0.2, 0.25) is 0 Å². The second-order valence-electron chi connectivity index (χ2n) is 8.44. The summed E-state index contributed by atoms with van der Waals surface area (Å²) in [6, 6.07) is 9.58. The molecule has 2 N–H and O–H groups in total. The average molecular weight is 473 g/mol. The Balaban J connectivity index is 1.29. The van der Waals surface area contributed by atoms with Crippen molar-refractivity contribution in [3.8, 4) is 17.6 Å². The van der Waals surface area contributed by atoms with E-state index >= 15 is 0 Å². The van der Waals surface area contributed by atoms with Gasteiger partial charge in [0.15, 0.2) is 5.60 Å². The Morgan fingerprint density at radius 1 is 1.29 bits per heavy atom. The van der Waals surface area contributed by atoms with Gasteiger partial charge < -0.3 is 24.8 Å². The van der Waals surface area contributed by atoms with Crippen LogP contribution in [0.3, 0.4) is 0 Å². The highest BCUT2D eigenvalue weighted by atomic mass is 16.5. The molecule has 2 aliphatic rings. The number of nitrogens with one attached hydrogen (secondary N) is 1. The highest BCUT2D eigenvalue weighted by Gasteiger charge is 2.34. The van der Waals surface area contributed by atoms with E-state index in [-0.39, 0.29) is 31.4 Å². The summed E-state index contributed by atoms with van der Waals surface area (Å²) in [6.45, 7) is 0.815. The zero-order valence-electron chi connectivity index (χ0n) is 19.0. The molecule has 1 saturated heterocycles. The predicted molar refractivity (Wildman–Crippen MR) is 125 cm³/mol. The zero-order valence-corrected chi connectivity index (χ0v) is 19.0. The Morgan fingerprint density at radius 3 is 2.89 bits per heavy atom. The maximum Gasteiger partial charge on any atom is 0.270 e. The van der Waals surface area contributed by atoms with Crippen LogP contribution in [-0.2, 0) is 16.1 Å². The molecule has 0 radical (unpaired) electrons. The zero-order chi connectivity index (χ0) is 24.4. The number of carbonyl (C=O) groups is 2. The summed E-state index contributed by atoms with van der Waals surface area (Å²) in [5.74, 6) is 5.40. The lowest BCUT2D eigenvalue weighted by atomic mass is 10.0. The van der Waals surface area contributed by atoms with Gasteiger partial charge in [0, 0.05) is 31.2 Å². The average Bonchev–Trinajstić information content (AvgIpc) is 3.32. The molecule has 1 fully saturated rings. The van der Waals surface area contributed by atoms with Crippen LogP contribution < -0.4 is 15.0 Å². The summed E-state index contributed by atoms with van der Waals surface area (Å²) in [4.78, 5) is 31.6. The van der Waals surface area contributed by atoms with Crippen LogP contribution in [0.15, 0.2) is 55.0 Å². The van der Waals surface area contributed by atoms with Crippen molar-refractivity contribution in [2.24, 2.45) is 0 Å². The number of hydrogen-bond donors (Lipinski definition) is 2. The van der Waals surface area contributed by atoms with Crippen LogP contribution in [-0.4, -0.2) is 70.2 Å². The predicted octanol–water partition coefficient (Wildman–Crippen LogP) is 0.593. The molecule has 2 aliphatic heterocycles. The minimum absolute atomic E-state index is 0.0307. The van der Waals surface area contributed by atoms with Crippen LogP contribution in [0.5, 0.6) is 5.75 Å². The first-order chi connectivity index (χ1) is 16.9. The van der Waals surface area contributed by atoms with E-state index in [1.807, 2.05) is 12.3 Å². The van der Waals surface area contributed by atoms with Crippen molar-refractivity contribution in [3.63, 3.8) is 0 Å². The number of likely N-dealkylation sites (N-methyl/N-ethyl adjacent to an activating group) is 1. The number of carbonyl (C=O) groups excluding carboxylic acids is 2. The van der Waals surface area contributed by atoms with Crippen LogP contribution in [0, 0.1) is 11.8 Å². The van der Waals surface area contributed by atoms with Gasteiger partial charge in [-0.3, -0.25) is 19.3 Å². The number of hydrogen-bond acceptors (Lipinski definition) is 7. The van der Waals surface area contributed by atoms with Gasteiger partial charge in [-0.05, 0) is 42.0 Å². The number of aliphatic hydroxyl groups is 1. The van der Waals surface area contributed by atoms with Crippen LogP contribution in [0.25, 0.3) is 0 Å². The highest BCUT2D eigenvalue weighted by molar-refractivity contribution is 6.03. The molecule has 2 aromatic heterocycles. The van der Waals surface area contributed by atoms with Gasteiger partial charge in [-0.1, -0.05) is 11.8 Å². The van der Waals surface area contributed by atoms with Crippen molar-refractivity contribution in [2.75, 3.05) is 31.8 Å². The lowest BCUT2D eigenvalue weighted by Gasteiger charge is -2.30. The third-order valence-corrected chi connectivity index (χ3v) is 5.74. The largest absolute Gasteiger partial charge is 0.489 e. The van der Waals surface area contributed by atoms with Gasteiger partial charge in [-0.15, -0.1) is 0 Å². The van der Waals surface area contributed by atoms with Gasteiger partial charge in [0.05, 0.1) is 25.4 Å². The van der Waals surface area contributed by atoms with Gasteiger partial charge in [0.25, 0.3) is 11.8 Å². The summed E-state index contributed by atoms with van der Waals surface area (Å²) in [5, 5.41) is 17.0. The number of nitrogens with zero attached hydrogens (tertiary/aromatic N) is 4. The number of pyridine rings is 1. The number of ether oxygens (including phenoxy) is 2. The molecule has 1 atom stereocenters. The van der Waals surface area contributed by atoms with Crippen molar-refractivity contribution in [1.29, 1.82) is 0 Å². The van der Waals surface area contributed by atoms with Gasteiger partial charge in [-0.25, -0.2) is 0 Å². The van der Waals surface area contributed by atoms with E-state index < -0.39 is 17.6 Å². The molecule has 0 spiro atoms. The number of rotatable bonds is 4. The third-order valence-electron chi connectivity index (χ3n) is 5.74.